The van der Waals surface area contributed by atoms with Crippen LogP contribution in [0.15, 0.2) is 29.3 Å². The van der Waals surface area contributed by atoms with E-state index in [1.54, 1.807) is 12.1 Å². The van der Waals surface area contributed by atoms with Crippen LogP contribution in [0.4, 0.5) is 10.1 Å². The Balaban J connectivity index is 2.51. The maximum absolute atomic E-state index is 13.0. The normalized spacial score (nSPS) is 11.1. The minimum absolute atomic E-state index is 0.0183. The van der Waals surface area contributed by atoms with E-state index in [4.69, 9.17) is 0 Å². The van der Waals surface area contributed by atoms with E-state index in [-0.39, 0.29) is 18.3 Å². The molecule has 0 saturated carbocycles. The highest BCUT2D eigenvalue weighted by Crippen LogP contribution is 2.08. The molecular weight excluding hydrogens is 259 g/mol. The first-order chi connectivity index (χ1) is 9.65. The number of guanidine groups is 1. The lowest BCUT2D eigenvalue weighted by Crippen LogP contribution is -2.38. The Kier molecular flexibility index (Phi) is 7.10. The topological polar surface area (TPSA) is 65.5 Å². The number of rotatable bonds is 6. The van der Waals surface area contributed by atoms with Crippen LogP contribution >= 0.6 is 0 Å². The molecule has 0 aliphatic carbocycles. The Morgan fingerprint density at radius 3 is 2.75 bits per heavy atom. The lowest BCUT2D eigenvalue weighted by Gasteiger charge is -2.10. The van der Waals surface area contributed by atoms with E-state index in [9.17, 15) is 9.18 Å². The summed E-state index contributed by atoms with van der Waals surface area (Å²) >= 11 is 0. The van der Waals surface area contributed by atoms with E-state index in [2.05, 4.69) is 20.9 Å². The largest absolute Gasteiger partial charge is 0.357 e. The van der Waals surface area contributed by atoms with Gasteiger partial charge in [-0.25, -0.2) is 9.38 Å². The molecule has 1 rings (SSSR count). The number of benzene rings is 1. The maximum atomic E-state index is 13.0. The molecule has 20 heavy (non-hydrogen) atoms. The second kappa shape index (κ2) is 8.90. The fourth-order valence-corrected chi connectivity index (χ4v) is 1.50. The van der Waals surface area contributed by atoms with Crippen molar-refractivity contribution in [1.82, 2.24) is 10.6 Å². The van der Waals surface area contributed by atoms with Gasteiger partial charge in [-0.2, -0.15) is 0 Å². The van der Waals surface area contributed by atoms with Gasteiger partial charge in [-0.1, -0.05) is 13.0 Å². The number of aliphatic imine (C=N–C) groups is 1. The van der Waals surface area contributed by atoms with Gasteiger partial charge in [0.25, 0.3) is 0 Å². The predicted molar refractivity (Wildman–Crippen MR) is 79.3 cm³/mol. The number of hydrogen-bond acceptors (Lipinski definition) is 2. The van der Waals surface area contributed by atoms with E-state index < -0.39 is 0 Å². The molecule has 5 nitrogen and oxygen atoms in total. The van der Waals surface area contributed by atoms with Gasteiger partial charge in [0.05, 0.1) is 0 Å². The molecule has 3 N–H and O–H groups in total. The lowest BCUT2D eigenvalue weighted by atomic mass is 10.3. The van der Waals surface area contributed by atoms with Gasteiger partial charge >= 0.3 is 0 Å². The van der Waals surface area contributed by atoms with Crippen LogP contribution < -0.4 is 16.0 Å². The van der Waals surface area contributed by atoms with Crippen molar-refractivity contribution in [3.8, 4) is 0 Å². The van der Waals surface area contributed by atoms with E-state index in [1.807, 2.05) is 13.8 Å². The maximum Gasteiger partial charge on any atom is 0.246 e. The number of carbonyl (C=O) groups excluding carboxylic acids is 1. The molecule has 0 bridgehead atoms. The molecule has 0 saturated heterocycles. The van der Waals surface area contributed by atoms with Crippen LogP contribution in [-0.2, 0) is 4.79 Å². The van der Waals surface area contributed by atoms with Crippen molar-refractivity contribution in [1.29, 1.82) is 0 Å². The Labute approximate surface area is 118 Å². The van der Waals surface area contributed by atoms with Gasteiger partial charge in [0.15, 0.2) is 5.96 Å². The highest BCUT2D eigenvalue weighted by molar-refractivity contribution is 5.94. The summed E-state index contributed by atoms with van der Waals surface area (Å²) in [7, 11) is 0. The van der Waals surface area contributed by atoms with E-state index in [1.165, 1.54) is 12.1 Å². The molecule has 1 aromatic rings. The Morgan fingerprint density at radius 1 is 1.30 bits per heavy atom. The van der Waals surface area contributed by atoms with E-state index in [0.29, 0.717) is 11.6 Å². The van der Waals surface area contributed by atoms with Crippen molar-refractivity contribution in [3.63, 3.8) is 0 Å². The van der Waals surface area contributed by atoms with Crippen LogP contribution in [0.3, 0.4) is 0 Å². The smallest absolute Gasteiger partial charge is 0.246 e. The predicted octanol–water partition coefficient (Wildman–Crippen LogP) is 1.73. The standard InChI is InChI=1S/C14H21FN4O/c1-3-8-17-14(16-4-2)18-10-13(20)19-12-7-5-6-11(15)9-12/h5-7,9H,3-4,8,10H2,1-2H3,(H,19,20)(H2,16,17,18). The van der Waals surface area contributed by atoms with Crippen molar-refractivity contribution in [3.05, 3.63) is 30.1 Å². The van der Waals surface area contributed by atoms with Gasteiger partial charge < -0.3 is 16.0 Å². The number of anilines is 1. The molecule has 0 aromatic heterocycles. The quantitative estimate of drug-likeness (QED) is 0.549. The van der Waals surface area contributed by atoms with Crippen molar-refractivity contribution in [2.24, 2.45) is 4.99 Å². The fourth-order valence-electron chi connectivity index (χ4n) is 1.50. The summed E-state index contributed by atoms with van der Waals surface area (Å²) in [6.45, 7) is 5.50. The summed E-state index contributed by atoms with van der Waals surface area (Å²) in [6.07, 6.45) is 0.972. The Bertz CT molecular complexity index is 462. The van der Waals surface area contributed by atoms with Crippen molar-refractivity contribution in [2.75, 3.05) is 25.0 Å². The number of halogens is 1. The fraction of sp³-hybridized carbons (Fsp3) is 0.429. The van der Waals surface area contributed by atoms with Crippen molar-refractivity contribution >= 4 is 17.6 Å². The zero-order valence-electron chi connectivity index (χ0n) is 11.9. The molecule has 1 aromatic carbocycles. The van der Waals surface area contributed by atoms with Gasteiger partial charge in [-0.05, 0) is 31.5 Å². The molecule has 1 amide bonds. The molecule has 0 heterocycles. The summed E-state index contributed by atoms with van der Waals surface area (Å²) in [5.41, 5.74) is 0.428. The molecule has 0 aliphatic rings. The average molecular weight is 280 g/mol. The van der Waals surface area contributed by atoms with Gasteiger partial charge in [-0.15, -0.1) is 0 Å². The third kappa shape index (κ3) is 6.17. The average Bonchev–Trinajstić information content (AvgIpc) is 2.42. The van der Waals surface area contributed by atoms with Gasteiger partial charge in [0.2, 0.25) is 5.91 Å². The number of nitrogens with zero attached hydrogens (tertiary/aromatic N) is 1. The van der Waals surface area contributed by atoms with Gasteiger partial charge in [-0.3, -0.25) is 4.79 Å². The minimum Gasteiger partial charge on any atom is -0.357 e. The molecule has 0 aliphatic heterocycles. The summed E-state index contributed by atoms with van der Waals surface area (Å²) in [5.74, 6) is -0.0719. The summed E-state index contributed by atoms with van der Waals surface area (Å²) in [4.78, 5) is 15.9. The summed E-state index contributed by atoms with van der Waals surface area (Å²) in [5, 5.41) is 8.74. The van der Waals surface area contributed by atoms with E-state index in [0.717, 1.165) is 19.5 Å². The molecule has 0 unspecified atom stereocenters. The first-order valence-corrected chi connectivity index (χ1v) is 6.73. The van der Waals surface area contributed by atoms with Crippen LogP contribution in [0.1, 0.15) is 20.3 Å². The lowest BCUT2D eigenvalue weighted by molar-refractivity contribution is -0.114. The molecule has 0 spiro atoms. The zero-order valence-corrected chi connectivity index (χ0v) is 11.9. The number of nitrogens with one attached hydrogen (secondary N) is 3. The first kappa shape index (κ1) is 15.9. The SMILES string of the molecule is CCCNC(=NCC(=O)Nc1cccc(F)c1)NCC. The Morgan fingerprint density at radius 2 is 2.10 bits per heavy atom. The van der Waals surface area contributed by atoms with Crippen LogP contribution in [0.5, 0.6) is 0 Å². The number of amides is 1. The highest BCUT2D eigenvalue weighted by atomic mass is 19.1. The van der Waals surface area contributed by atoms with Gasteiger partial charge in [0.1, 0.15) is 12.4 Å². The van der Waals surface area contributed by atoms with Gasteiger partial charge in [0, 0.05) is 18.8 Å². The van der Waals surface area contributed by atoms with E-state index >= 15 is 0 Å². The van der Waals surface area contributed by atoms with Crippen LogP contribution in [0, 0.1) is 5.82 Å². The second-order valence-electron chi connectivity index (χ2n) is 4.18. The highest BCUT2D eigenvalue weighted by Gasteiger charge is 2.03. The van der Waals surface area contributed by atoms with Crippen LogP contribution in [0.2, 0.25) is 0 Å². The summed E-state index contributed by atoms with van der Waals surface area (Å²) < 4.78 is 13.0. The number of carbonyl (C=O) groups is 1. The monoisotopic (exact) mass is 280 g/mol. The molecule has 0 radical (unpaired) electrons. The minimum atomic E-state index is -0.385. The molecule has 0 atom stereocenters. The third-order valence-electron chi connectivity index (χ3n) is 2.38. The van der Waals surface area contributed by atoms with Crippen LogP contribution in [0.25, 0.3) is 0 Å². The van der Waals surface area contributed by atoms with Crippen molar-refractivity contribution in [2.45, 2.75) is 20.3 Å². The first-order valence-electron chi connectivity index (χ1n) is 6.73. The number of hydrogen-bond donors (Lipinski definition) is 3. The molecule has 0 fully saturated rings. The molecule has 110 valence electrons. The molecule has 6 heteroatoms. The second-order valence-corrected chi connectivity index (χ2v) is 4.18. The zero-order chi connectivity index (χ0) is 14.8. The Hall–Kier alpha value is -2.11. The van der Waals surface area contributed by atoms with Crippen LogP contribution in [-0.4, -0.2) is 31.5 Å². The molecular formula is C14H21FN4O. The van der Waals surface area contributed by atoms with Crippen molar-refractivity contribution < 1.29 is 9.18 Å². The third-order valence-corrected chi connectivity index (χ3v) is 2.38. The summed E-state index contributed by atoms with van der Waals surface area (Å²) in [6, 6.07) is 5.76.